The van der Waals surface area contributed by atoms with Gasteiger partial charge in [-0.25, -0.2) is 0 Å². The number of benzene rings is 2. The van der Waals surface area contributed by atoms with Crippen LogP contribution in [0.15, 0.2) is 59.7 Å². The molecule has 0 N–H and O–H groups in total. The Morgan fingerprint density at radius 2 is 0.870 bits per heavy atom. The molecule has 0 aromatic heterocycles. The summed E-state index contributed by atoms with van der Waals surface area (Å²) in [6.45, 7) is 4.57. The fourth-order valence-electron chi connectivity index (χ4n) is 8.96. The normalized spacial score (nSPS) is 25.2. The van der Waals surface area contributed by atoms with Crippen LogP contribution in [-0.2, 0) is 9.59 Å². The standard InChI is InChI=1S/C42H56N2O2/c1-5-7-9-11-29-13-17-31(18-14-29)33-21-25-35(26-22-33)39-37-38(42(46)43(39)3)40(44(4)41(37)45)36-27-23-34(24-28-36)32-19-15-30(16-20-32)12-10-8-6-2/h21-32H,5-20H2,1-4H3/t29-,30-,31-,32-. The van der Waals surface area contributed by atoms with Gasteiger partial charge in [0.2, 0.25) is 0 Å². The van der Waals surface area contributed by atoms with E-state index in [1.54, 1.807) is 9.80 Å². The number of unbranched alkanes of at least 4 members (excludes halogenated alkanes) is 4. The first-order valence-electron chi connectivity index (χ1n) is 18.7. The Hall–Kier alpha value is -3.14. The van der Waals surface area contributed by atoms with E-state index in [4.69, 9.17) is 0 Å². The first kappa shape index (κ1) is 32.8. The van der Waals surface area contributed by atoms with E-state index < -0.39 is 0 Å². The fourth-order valence-corrected chi connectivity index (χ4v) is 8.96. The summed E-state index contributed by atoms with van der Waals surface area (Å²) < 4.78 is 0. The maximum Gasteiger partial charge on any atom is 0.261 e. The average molecular weight is 621 g/mol. The molecular weight excluding hydrogens is 564 g/mol. The second kappa shape index (κ2) is 14.7. The molecule has 0 spiro atoms. The van der Waals surface area contributed by atoms with E-state index in [2.05, 4.69) is 62.4 Å². The van der Waals surface area contributed by atoms with Gasteiger partial charge in [0.15, 0.2) is 0 Å². The lowest BCUT2D eigenvalue weighted by atomic mass is 9.77. The molecule has 46 heavy (non-hydrogen) atoms. The van der Waals surface area contributed by atoms with Crippen LogP contribution >= 0.6 is 0 Å². The van der Waals surface area contributed by atoms with E-state index in [-0.39, 0.29) is 11.8 Å². The summed E-state index contributed by atoms with van der Waals surface area (Å²) in [5, 5.41) is 0. The van der Waals surface area contributed by atoms with Gasteiger partial charge in [0, 0.05) is 14.1 Å². The van der Waals surface area contributed by atoms with Crippen LogP contribution in [0.5, 0.6) is 0 Å². The maximum atomic E-state index is 13.8. The molecule has 4 aliphatic rings. The molecule has 4 nitrogen and oxygen atoms in total. The Balaban J connectivity index is 1.17. The molecule has 0 unspecified atom stereocenters. The lowest BCUT2D eigenvalue weighted by Gasteiger charge is -2.29. The Labute approximate surface area is 278 Å². The van der Waals surface area contributed by atoms with Gasteiger partial charge in [-0.15, -0.1) is 0 Å². The van der Waals surface area contributed by atoms with Crippen molar-refractivity contribution in [1.82, 2.24) is 9.80 Å². The second-order valence-electron chi connectivity index (χ2n) is 14.8. The van der Waals surface area contributed by atoms with Crippen molar-refractivity contribution in [3.8, 4) is 0 Å². The molecule has 2 amide bonds. The average Bonchev–Trinajstić information content (AvgIpc) is 3.50. The topological polar surface area (TPSA) is 40.6 Å². The van der Waals surface area contributed by atoms with Crippen molar-refractivity contribution >= 4 is 23.2 Å². The lowest BCUT2D eigenvalue weighted by molar-refractivity contribution is -0.123. The van der Waals surface area contributed by atoms with E-state index in [0.717, 1.165) is 34.4 Å². The van der Waals surface area contributed by atoms with Crippen LogP contribution in [0.3, 0.4) is 0 Å². The van der Waals surface area contributed by atoms with Crippen LogP contribution in [0.4, 0.5) is 0 Å². The van der Waals surface area contributed by atoms with Gasteiger partial charge in [-0.05, 0) is 97.3 Å². The third kappa shape index (κ3) is 6.64. The molecule has 0 radical (unpaired) electrons. The highest BCUT2D eigenvalue weighted by atomic mass is 16.2. The number of carbonyl (C=O) groups excluding carboxylic acids is 2. The van der Waals surface area contributed by atoms with Crippen LogP contribution in [0.1, 0.15) is 151 Å². The Kier molecular flexibility index (Phi) is 10.5. The van der Waals surface area contributed by atoms with Gasteiger partial charge >= 0.3 is 0 Å². The zero-order chi connectivity index (χ0) is 32.2. The number of likely N-dealkylation sites (N-methyl/N-ethyl adjacent to an activating group) is 2. The van der Waals surface area contributed by atoms with E-state index >= 15 is 0 Å². The summed E-state index contributed by atoms with van der Waals surface area (Å²) >= 11 is 0. The molecule has 2 aromatic rings. The number of hydrogen-bond donors (Lipinski definition) is 0. The predicted octanol–water partition coefficient (Wildman–Crippen LogP) is 10.5. The molecule has 0 bridgehead atoms. The highest BCUT2D eigenvalue weighted by Gasteiger charge is 2.46. The van der Waals surface area contributed by atoms with Gasteiger partial charge in [0.1, 0.15) is 0 Å². The van der Waals surface area contributed by atoms with E-state index in [1.807, 2.05) is 14.1 Å². The van der Waals surface area contributed by atoms with Crippen molar-refractivity contribution in [2.24, 2.45) is 11.8 Å². The molecular formula is C42H56N2O2. The summed E-state index contributed by atoms with van der Waals surface area (Å²) in [6.07, 6.45) is 21.3. The highest BCUT2D eigenvalue weighted by Crippen LogP contribution is 2.46. The highest BCUT2D eigenvalue weighted by molar-refractivity contribution is 6.30. The summed E-state index contributed by atoms with van der Waals surface area (Å²) in [5.74, 6) is 2.84. The fraction of sp³-hybridized carbons (Fsp3) is 0.571. The van der Waals surface area contributed by atoms with Gasteiger partial charge in [-0.3, -0.25) is 9.59 Å². The Morgan fingerprint density at radius 3 is 1.20 bits per heavy atom. The molecule has 2 heterocycles. The van der Waals surface area contributed by atoms with Crippen LogP contribution in [0, 0.1) is 11.8 Å². The Morgan fingerprint density at radius 1 is 0.522 bits per heavy atom. The zero-order valence-electron chi connectivity index (χ0n) is 29.0. The minimum Gasteiger partial charge on any atom is -0.310 e. The van der Waals surface area contributed by atoms with E-state index in [1.165, 1.54) is 114 Å². The largest absolute Gasteiger partial charge is 0.310 e. The summed E-state index contributed by atoms with van der Waals surface area (Å²) in [6, 6.07) is 17.5. The quantitative estimate of drug-likeness (QED) is 0.222. The number of carbonyl (C=O) groups is 2. The number of amides is 2. The summed E-state index contributed by atoms with van der Waals surface area (Å²) in [4.78, 5) is 30.9. The smallest absolute Gasteiger partial charge is 0.261 e. The molecule has 2 aromatic carbocycles. The van der Waals surface area contributed by atoms with Crippen molar-refractivity contribution < 1.29 is 9.59 Å². The molecule has 2 aliphatic heterocycles. The molecule has 2 aliphatic carbocycles. The molecule has 0 atom stereocenters. The first-order valence-corrected chi connectivity index (χ1v) is 18.7. The third-order valence-electron chi connectivity index (χ3n) is 11.9. The molecule has 2 saturated carbocycles. The molecule has 246 valence electrons. The van der Waals surface area contributed by atoms with E-state index in [0.29, 0.717) is 23.0 Å². The predicted molar refractivity (Wildman–Crippen MR) is 190 cm³/mol. The van der Waals surface area contributed by atoms with Crippen LogP contribution in [-0.4, -0.2) is 35.7 Å². The Bertz CT molecular complexity index is 1320. The van der Waals surface area contributed by atoms with Crippen molar-refractivity contribution in [2.75, 3.05) is 14.1 Å². The van der Waals surface area contributed by atoms with Crippen LogP contribution in [0.25, 0.3) is 11.4 Å². The lowest BCUT2D eigenvalue weighted by Crippen LogP contribution is -2.25. The SMILES string of the molecule is CCCCC[C@H]1CC[C@H](c2ccc(C3=C4C(=O)N(C)C(c5ccc([C@H]6CC[C@H](CCCCC)CC6)cc5)=C4C(=O)N3C)cc2)CC1. The minimum atomic E-state index is -0.0892. The van der Waals surface area contributed by atoms with Crippen molar-refractivity contribution in [3.05, 3.63) is 81.9 Å². The van der Waals surface area contributed by atoms with Gasteiger partial charge in [0.25, 0.3) is 11.8 Å². The summed E-state index contributed by atoms with van der Waals surface area (Å²) in [5.41, 5.74) is 7.26. The number of fused-ring (bicyclic) bond motifs is 1. The van der Waals surface area contributed by atoms with Crippen LogP contribution in [0.2, 0.25) is 0 Å². The second-order valence-corrected chi connectivity index (χ2v) is 14.8. The molecule has 6 rings (SSSR count). The number of nitrogens with zero attached hydrogens (tertiary/aromatic N) is 2. The van der Waals surface area contributed by atoms with Crippen molar-refractivity contribution in [2.45, 2.75) is 128 Å². The van der Waals surface area contributed by atoms with Crippen molar-refractivity contribution in [3.63, 3.8) is 0 Å². The van der Waals surface area contributed by atoms with Gasteiger partial charge in [0.05, 0.1) is 22.5 Å². The number of rotatable bonds is 12. The van der Waals surface area contributed by atoms with Gasteiger partial charge in [-0.1, -0.05) is 114 Å². The maximum absolute atomic E-state index is 13.8. The van der Waals surface area contributed by atoms with Gasteiger partial charge in [-0.2, -0.15) is 0 Å². The first-order chi connectivity index (χ1) is 22.4. The molecule has 4 heteroatoms. The molecule has 0 saturated heterocycles. The van der Waals surface area contributed by atoms with Gasteiger partial charge < -0.3 is 9.80 Å². The zero-order valence-corrected chi connectivity index (χ0v) is 29.0. The third-order valence-corrected chi connectivity index (χ3v) is 11.9. The minimum absolute atomic E-state index is 0.0892. The number of hydrogen-bond acceptors (Lipinski definition) is 2. The van der Waals surface area contributed by atoms with Crippen molar-refractivity contribution in [1.29, 1.82) is 0 Å². The summed E-state index contributed by atoms with van der Waals surface area (Å²) in [7, 11) is 3.63. The monoisotopic (exact) mass is 620 g/mol. The van der Waals surface area contributed by atoms with E-state index in [9.17, 15) is 9.59 Å². The molecule has 2 fully saturated rings. The van der Waals surface area contributed by atoms with Crippen LogP contribution < -0.4 is 0 Å².